The second kappa shape index (κ2) is 4.52. The monoisotopic (exact) mass is 234 g/mol. The zero-order valence-corrected chi connectivity index (χ0v) is 10.1. The lowest BCUT2D eigenvalue weighted by Gasteiger charge is -2.09. The van der Waals surface area contributed by atoms with Crippen molar-refractivity contribution in [1.29, 1.82) is 0 Å². The van der Waals surface area contributed by atoms with Crippen molar-refractivity contribution in [3.63, 3.8) is 0 Å². The maximum Gasteiger partial charge on any atom is 0.153 e. The van der Waals surface area contributed by atoms with Crippen molar-refractivity contribution >= 4 is 11.7 Å². The zero-order chi connectivity index (χ0) is 12.4. The van der Waals surface area contributed by atoms with Gasteiger partial charge in [-0.3, -0.25) is 0 Å². The van der Waals surface area contributed by atoms with Crippen LogP contribution in [0.25, 0.3) is 5.76 Å². The molecular weight excluding hydrogens is 220 g/mol. The number of carbonyl (C=O) groups excluding carboxylic acids is 1. The van der Waals surface area contributed by atoms with Crippen LogP contribution in [-0.2, 0) is 9.53 Å². The fraction of sp³-hybridized carbons (Fsp3) is 0.385. The number of ether oxygens (including phenoxy) is 3. The largest absolute Gasteiger partial charge is 0.495 e. The van der Waals surface area contributed by atoms with Gasteiger partial charge in [0.25, 0.3) is 0 Å². The van der Waals surface area contributed by atoms with Gasteiger partial charge in [-0.25, -0.2) is 4.79 Å². The average molecular weight is 234 g/mol. The number of methoxy groups -OCH3 is 1. The van der Waals surface area contributed by atoms with Crippen molar-refractivity contribution in [2.24, 2.45) is 0 Å². The summed E-state index contributed by atoms with van der Waals surface area (Å²) in [6.45, 7) is 4.30. The Labute approximate surface area is 99.1 Å². The molecule has 1 atom stereocenters. The highest BCUT2D eigenvalue weighted by molar-refractivity contribution is 5.61. The summed E-state index contributed by atoms with van der Waals surface area (Å²) in [7, 11) is 1.52. The molecule has 1 aromatic rings. The van der Waals surface area contributed by atoms with E-state index in [1.165, 1.54) is 7.11 Å². The standard InChI is InChI=1S/C13H14O4/c1-4-16-13-8(2)17-11-6-5-10(15-3)9(7-14)12(11)13/h5-6,8H,4H2,1-3H3. The molecule has 0 amide bonds. The first-order valence-corrected chi connectivity index (χ1v) is 5.48. The van der Waals surface area contributed by atoms with Crippen molar-refractivity contribution in [3.8, 4) is 11.5 Å². The van der Waals surface area contributed by atoms with Crippen LogP contribution in [0.3, 0.4) is 0 Å². The lowest BCUT2D eigenvalue weighted by atomic mass is 10.2. The summed E-state index contributed by atoms with van der Waals surface area (Å²) in [5.41, 5.74) is 0. The van der Waals surface area contributed by atoms with E-state index in [1.54, 1.807) is 12.1 Å². The molecule has 0 N–H and O–H groups in total. The molecule has 1 aliphatic heterocycles. The number of rotatable bonds is 3. The fourth-order valence-electron chi connectivity index (χ4n) is 1.97. The molecule has 0 spiro atoms. The van der Waals surface area contributed by atoms with Gasteiger partial charge in [-0.15, -0.1) is 0 Å². The van der Waals surface area contributed by atoms with Crippen LogP contribution in [0.1, 0.15) is 13.8 Å². The van der Waals surface area contributed by atoms with Crippen LogP contribution < -0.4 is 19.9 Å². The van der Waals surface area contributed by atoms with E-state index >= 15 is 0 Å². The Morgan fingerprint density at radius 1 is 1.47 bits per heavy atom. The van der Waals surface area contributed by atoms with E-state index in [-0.39, 0.29) is 6.10 Å². The number of hydrogen-bond donors (Lipinski definition) is 0. The Hall–Kier alpha value is -1.93. The number of hydrogen-bond acceptors (Lipinski definition) is 4. The lowest BCUT2D eigenvalue weighted by molar-refractivity contribution is 0.208. The maximum absolute atomic E-state index is 11.1. The highest BCUT2D eigenvalue weighted by Gasteiger charge is 2.24. The van der Waals surface area contributed by atoms with E-state index < -0.39 is 0 Å². The van der Waals surface area contributed by atoms with E-state index in [0.717, 1.165) is 0 Å². The van der Waals surface area contributed by atoms with Gasteiger partial charge in [-0.2, -0.15) is 0 Å². The summed E-state index contributed by atoms with van der Waals surface area (Å²) < 4.78 is 16.3. The first kappa shape index (κ1) is 11.6. The minimum absolute atomic E-state index is 0.191. The van der Waals surface area contributed by atoms with Gasteiger partial charge in [-0.05, 0) is 26.0 Å². The van der Waals surface area contributed by atoms with Crippen LogP contribution in [0, 0.1) is 0 Å². The Morgan fingerprint density at radius 3 is 2.82 bits per heavy atom. The Bertz CT molecular complexity index is 570. The molecule has 0 fully saturated rings. The molecule has 0 radical (unpaired) electrons. The molecule has 0 aliphatic carbocycles. The molecule has 1 heterocycles. The molecule has 0 aromatic heterocycles. The Balaban J connectivity index is 2.84. The summed E-state index contributed by atoms with van der Waals surface area (Å²) in [5.74, 6) is 3.69. The van der Waals surface area contributed by atoms with Crippen molar-refractivity contribution in [2.75, 3.05) is 13.7 Å². The highest BCUT2D eigenvalue weighted by Crippen LogP contribution is 2.20. The van der Waals surface area contributed by atoms with Crippen molar-refractivity contribution in [3.05, 3.63) is 22.6 Å². The third-order valence-electron chi connectivity index (χ3n) is 2.67. The van der Waals surface area contributed by atoms with Gasteiger partial charge in [0.05, 0.1) is 18.9 Å². The molecule has 0 bridgehead atoms. The third-order valence-corrected chi connectivity index (χ3v) is 2.67. The zero-order valence-electron chi connectivity index (χ0n) is 10.1. The summed E-state index contributed by atoms with van der Waals surface area (Å²) in [4.78, 5) is 11.1. The fourth-order valence-corrected chi connectivity index (χ4v) is 1.97. The van der Waals surface area contributed by atoms with Gasteiger partial charge in [0, 0.05) is 0 Å². The normalized spacial score (nSPS) is 17.1. The summed E-state index contributed by atoms with van der Waals surface area (Å²) in [5, 5.41) is 1.02. The molecule has 4 nitrogen and oxygen atoms in total. The van der Waals surface area contributed by atoms with E-state index in [0.29, 0.717) is 34.3 Å². The predicted octanol–water partition coefficient (Wildman–Crippen LogP) is 0.124. The molecule has 0 saturated carbocycles. The lowest BCUT2D eigenvalue weighted by Crippen LogP contribution is -2.29. The van der Waals surface area contributed by atoms with Crippen molar-refractivity contribution < 1.29 is 19.0 Å². The Morgan fingerprint density at radius 2 is 2.24 bits per heavy atom. The van der Waals surface area contributed by atoms with Gasteiger partial charge < -0.3 is 14.2 Å². The van der Waals surface area contributed by atoms with E-state index in [2.05, 4.69) is 0 Å². The van der Waals surface area contributed by atoms with Crippen LogP contribution in [0.2, 0.25) is 0 Å². The Kier molecular flexibility index (Phi) is 3.07. The second-order valence-corrected chi connectivity index (χ2v) is 3.68. The molecule has 0 saturated heterocycles. The third kappa shape index (κ3) is 1.77. The van der Waals surface area contributed by atoms with Crippen LogP contribution >= 0.6 is 0 Å². The van der Waals surface area contributed by atoms with Crippen molar-refractivity contribution in [1.82, 2.24) is 0 Å². The van der Waals surface area contributed by atoms with Crippen LogP contribution in [-0.4, -0.2) is 25.8 Å². The first-order chi connectivity index (χ1) is 8.22. The van der Waals surface area contributed by atoms with E-state index in [4.69, 9.17) is 14.2 Å². The van der Waals surface area contributed by atoms with Crippen LogP contribution in [0.15, 0.2) is 12.1 Å². The molecule has 1 aromatic carbocycles. The average Bonchev–Trinajstić information content (AvgIpc) is 2.65. The second-order valence-electron chi connectivity index (χ2n) is 3.68. The summed E-state index contributed by atoms with van der Waals surface area (Å²) >= 11 is 0. The topological polar surface area (TPSA) is 44.8 Å². The van der Waals surface area contributed by atoms with Gasteiger partial charge in [-0.1, -0.05) is 0 Å². The molecule has 2 rings (SSSR count). The summed E-state index contributed by atoms with van der Waals surface area (Å²) in [6.07, 6.45) is -0.191. The molecule has 1 aliphatic rings. The van der Waals surface area contributed by atoms with Crippen LogP contribution in [0.5, 0.6) is 11.5 Å². The van der Waals surface area contributed by atoms with Crippen LogP contribution in [0.4, 0.5) is 0 Å². The van der Waals surface area contributed by atoms with Gasteiger partial charge in [0.1, 0.15) is 28.4 Å². The van der Waals surface area contributed by atoms with Gasteiger partial charge >= 0.3 is 0 Å². The molecule has 17 heavy (non-hydrogen) atoms. The first-order valence-electron chi connectivity index (χ1n) is 5.48. The molecular formula is C13H14O4. The maximum atomic E-state index is 11.1. The summed E-state index contributed by atoms with van der Waals surface area (Å²) in [6, 6.07) is 3.47. The minimum Gasteiger partial charge on any atom is -0.495 e. The minimum atomic E-state index is -0.191. The van der Waals surface area contributed by atoms with E-state index in [9.17, 15) is 4.79 Å². The van der Waals surface area contributed by atoms with Gasteiger partial charge in [0.2, 0.25) is 0 Å². The van der Waals surface area contributed by atoms with E-state index in [1.807, 2.05) is 19.8 Å². The number of benzene rings is 1. The number of fused-ring (bicyclic) bond motifs is 1. The smallest absolute Gasteiger partial charge is 0.153 e. The predicted molar refractivity (Wildman–Crippen MR) is 62.2 cm³/mol. The van der Waals surface area contributed by atoms with Gasteiger partial charge in [0.15, 0.2) is 6.10 Å². The SMILES string of the molecule is CCOC1=c2c(ccc(OC)c2=C=O)OC1C. The highest BCUT2D eigenvalue weighted by atomic mass is 16.5. The quantitative estimate of drug-likeness (QED) is 0.745. The van der Waals surface area contributed by atoms with Crippen molar-refractivity contribution in [2.45, 2.75) is 20.0 Å². The molecule has 1 unspecified atom stereocenters. The molecule has 90 valence electrons. The molecule has 4 heteroatoms.